The molecule has 2 aromatic carbocycles. The van der Waals surface area contributed by atoms with E-state index >= 15 is 0 Å². The minimum Gasteiger partial charge on any atom is -0.497 e. The summed E-state index contributed by atoms with van der Waals surface area (Å²) < 4.78 is 46.2. The molecule has 0 radical (unpaired) electrons. The molecular formula is C19H24N2O6S. The Morgan fingerprint density at radius 2 is 1.68 bits per heavy atom. The minimum atomic E-state index is -3.95. The smallest absolute Gasteiger partial charge is 0.280 e. The monoisotopic (exact) mass is 408 g/mol. The van der Waals surface area contributed by atoms with Gasteiger partial charge in [0.2, 0.25) is 0 Å². The fourth-order valence-electron chi connectivity index (χ4n) is 2.31. The van der Waals surface area contributed by atoms with Crippen molar-refractivity contribution in [3.8, 4) is 23.0 Å². The van der Waals surface area contributed by atoms with Gasteiger partial charge in [0.15, 0.2) is 11.5 Å². The van der Waals surface area contributed by atoms with E-state index < -0.39 is 10.0 Å². The Morgan fingerprint density at radius 3 is 2.32 bits per heavy atom. The second-order valence-electron chi connectivity index (χ2n) is 5.63. The lowest BCUT2D eigenvalue weighted by Crippen LogP contribution is -2.19. The van der Waals surface area contributed by atoms with Crippen LogP contribution >= 0.6 is 0 Å². The molecule has 2 aromatic rings. The van der Waals surface area contributed by atoms with Gasteiger partial charge in [-0.25, -0.2) is 0 Å². The molecule has 0 atom stereocenters. The van der Waals surface area contributed by atoms with Crippen LogP contribution in [0.1, 0.15) is 18.9 Å². The van der Waals surface area contributed by atoms with Gasteiger partial charge in [0.25, 0.3) is 10.0 Å². The van der Waals surface area contributed by atoms with Gasteiger partial charge in [-0.15, -0.1) is 0 Å². The van der Waals surface area contributed by atoms with Crippen molar-refractivity contribution < 1.29 is 27.4 Å². The van der Waals surface area contributed by atoms with E-state index in [0.717, 1.165) is 6.42 Å². The highest BCUT2D eigenvalue weighted by atomic mass is 32.2. The third kappa shape index (κ3) is 5.29. The lowest BCUT2D eigenvalue weighted by molar-refractivity contribution is 0.294. The van der Waals surface area contributed by atoms with Gasteiger partial charge in [0, 0.05) is 6.07 Å². The van der Waals surface area contributed by atoms with Crippen LogP contribution in [0.4, 0.5) is 0 Å². The van der Waals surface area contributed by atoms with Gasteiger partial charge in [-0.05, 0) is 42.3 Å². The van der Waals surface area contributed by atoms with E-state index in [2.05, 4.69) is 9.93 Å². The van der Waals surface area contributed by atoms with Gasteiger partial charge >= 0.3 is 0 Å². The molecule has 2 rings (SSSR count). The van der Waals surface area contributed by atoms with E-state index in [1.54, 1.807) is 24.3 Å². The van der Waals surface area contributed by atoms with Crippen molar-refractivity contribution in [1.82, 2.24) is 4.83 Å². The molecule has 0 unspecified atom stereocenters. The van der Waals surface area contributed by atoms with Gasteiger partial charge in [-0.2, -0.15) is 18.4 Å². The molecule has 0 saturated heterocycles. The number of hydrazone groups is 1. The van der Waals surface area contributed by atoms with Crippen molar-refractivity contribution in [3.05, 3.63) is 42.0 Å². The molecule has 0 heterocycles. The molecular weight excluding hydrogens is 384 g/mol. The summed E-state index contributed by atoms with van der Waals surface area (Å²) in [5.41, 5.74) is 0.640. The summed E-state index contributed by atoms with van der Waals surface area (Å²) in [4.78, 5) is 2.09. The second kappa shape index (κ2) is 9.84. The van der Waals surface area contributed by atoms with Crippen LogP contribution in [0.15, 0.2) is 46.4 Å². The maximum Gasteiger partial charge on any atom is 0.280 e. The Balaban J connectivity index is 2.19. The number of nitrogens with one attached hydrogen (secondary N) is 1. The number of rotatable bonds is 10. The highest BCUT2D eigenvalue weighted by Gasteiger charge is 2.20. The van der Waals surface area contributed by atoms with E-state index in [4.69, 9.17) is 18.9 Å². The van der Waals surface area contributed by atoms with Crippen LogP contribution < -0.4 is 23.8 Å². The summed E-state index contributed by atoms with van der Waals surface area (Å²) in [6.07, 6.45) is 2.25. The van der Waals surface area contributed by atoms with Crippen LogP contribution in [-0.4, -0.2) is 42.6 Å². The van der Waals surface area contributed by atoms with E-state index in [0.29, 0.717) is 29.4 Å². The molecule has 8 nitrogen and oxygen atoms in total. The van der Waals surface area contributed by atoms with Crippen molar-refractivity contribution in [2.75, 3.05) is 27.9 Å². The topological polar surface area (TPSA) is 95.5 Å². The number of nitrogens with zero attached hydrogens (tertiary/aromatic N) is 1. The molecule has 0 aliphatic carbocycles. The van der Waals surface area contributed by atoms with Gasteiger partial charge in [0.1, 0.15) is 16.4 Å². The normalized spacial score (nSPS) is 11.3. The molecule has 0 fully saturated rings. The summed E-state index contributed by atoms with van der Waals surface area (Å²) >= 11 is 0. The van der Waals surface area contributed by atoms with Crippen molar-refractivity contribution in [2.45, 2.75) is 18.2 Å². The van der Waals surface area contributed by atoms with E-state index in [-0.39, 0.29) is 10.6 Å². The van der Waals surface area contributed by atoms with E-state index in [9.17, 15) is 8.42 Å². The third-order valence-electron chi connectivity index (χ3n) is 3.70. The Kier molecular flexibility index (Phi) is 7.51. The summed E-state index contributed by atoms with van der Waals surface area (Å²) in [5.74, 6) is 1.72. The lowest BCUT2D eigenvalue weighted by atomic mass is 10.2. The zero-order valence-corrected chi connectivity index (χ0v) is 17.1. The fraction of sp³-hybridized carbons (Fsp3) is 0.316. The predicted molar refractivity (Wildman–Crippen MR) is 106 cm³/mol. The average Bonchev–Trinajstić information content (AvgIpc) is 2.71. The maximum absolute atomic E-state index is 12.6. The first kappa shape index (κ1) is 21.4. The number of benzene rings is 2. The molecule has 0 spiro atoms. The molecule has 1 N–H and O–H groups in total. The largest absolute Gasteiger partial charge is 0.497 e. The first-order chi connectivity index (χ1) is 13.4. The number of sulfonamides is 1. The number of hydrogen-bond donors (Lipinski definition) is 1. The van der Waals surface area contributed by atoms with Crippen LogP contribution in [0.3, 0.4) is 0 Å². The highest BCUT2D eigenvalue weighted by molar-refractivity contribution is 7.89. The fourth-order valence-corrected chi connectivity index (χ4v) is 3.29. The van der Waals surface area contributed by atoms with Gasteiger partial charge in [-0.1, -0.05) is 6.92 Å². The van der Waals surface area contributed by atoms with E-state index in [1.165, 1.54) is 39.7 Å². The number of ether oxygens (including phenoxy) is 4. The van der Waals surface area contributed by atoms with Crippen LogP contribution in [-0.2, 0) is 10.0 Å². The van der Waals surface area contributed by atoms with Gasteiger partial charge in [0.05, 0.1) is 34.2 Å². The van der Waals surface area contributed by atoms with Crippen molar-refractivity contribution in [1.29, 1.82) is 0 Å². The summed E-state index contributed by atoms with van der Waals surface area (Å²) in [7, 11) is 0.421. The Hall–Kier alpha value is -2.94. The standard InChI is InChI=1S/C19H24N2O6S/c1-5-10-27-16-8-6-14(11-18(16)26-4)13-20-21-28(22,23)19-12-15(24-2)7-9-17(19)25-3/h6-9,11-13,21H,5,10H2,1-4H3/b20-13+. The van der Waals surface area contributed by atoms with Crippen molar-refractivity contribution in [3.63, 3.8) is 0 Å². The van der Waals surface area contributed by atoms with Gasteiger partial charge < -0.3 is 18.9 Å². The zero-order valence-electron chi connectivity index (χ0n) is 16.3. The Bertz CT molecular complexity index is 928. The summed E-state index contributed by atoms with van der Waals surface area (Å²) in [5, 5.41) is 3.83. The second-order valence-corrected chi connectivity index (χ2v) is 7.26. The van der Waals surface area contributed by atoms with Crippen LogP contribution in [0.5, 0.6) is 23.0 Å². The summed E-state index contributed by atoms with van der Waals surface area (Å²) in [6, 6.07) is 9.67. The minimum absolute atomic E-state index is 0.0765. The van der Waals surface area contributed by atoms with Crippen molar-refractivity contribution >= 4 is 16.2 Å². The molecule has 0 amide bonds. The molecule has 0 aliphatic rings. The lowest BCUT2D eigenvalue weighted by Gasteiger charge is -2.11. The van der Waals surface area contributed by atoms with Crippen LogP contribution in [0, 0.1) is 0 Å². The Labute approximate surface area is 165 Å². The predicted octanol–water partition coefficient (Wildman–Crippen LogP) is 2.81. The first-order valence-corrected chi connectivity index (χ1v) is 10.0. The maximum atomic E-state index is 12.6. The Morgan fingerprint density at radius 1 is 0.964 bits per heavy atom. The quantitative estimate of drug-likeness (QED) is 0.480. The van der Waals surface area contributed by atoms with Crippen molar-refractivity contribution in [2.24, 2.45) is 5.10 Å². The molecule has 0 aliphatic heterocycles. The molecule has 152 valence electrons. The molecule has 0 aromatic heterocycles. The zero-order chi connectivity index (χ0) is 20.6. The molecule has 0 bridgehead atoms. The van der Waals surface area contributed by atoms with Gasteiger partial charge in [-0.3, -0.25) is 0 Å². The average molecular weight is 408 g/mol. The molecule has 28 heavy (non-hydrogen) atoms. The first-order valence-electron chi connectivity index (χ1n) is 8.53. The van der Waals surface area contributed by atoms with Crippen LogP contribution in [0.25, 0.3) is 0 Å². The number of methoxy groups -OCH3 is 3. The van der Waals surface area contributed by atoms with E-state index in [1.807, 2.05) is 6.92 Å². The SMILES string of the molecule is CCCOc1ccc(/C=N/NS(=O)(=O)c2cc(OC)ccc2OC)cc1OC. The molecule has 9 heteroatoms. The van der Waals surface area contributed by atoms with Crippen LogP contribution in [0.2, 0.25) is 0 Å². The highest BCUT2D eigenvalue weighted by Crippen LogP contribution is 2.29. The summed E-state index contributed by atoms with van der Waals surface area (Å²) in [6.45, 7) is 2.59. The third-order valence-corrected chi connectivity index (χ3v) is 4.94. The molecule has 0 saturated carbocycles. The number of hydrogen-bond acceptors (Lipinski definition) is 7.